The highest BCUT2D eigenvalue weighted by atomic mass is 35.5. The Morgan fingerprint density at radius 3 is 2.83 bits per heavy atom. The summed E-state index contributed by atoms with van der Waals surface area (Å²) in [6, 6.07) is 19.6. The summed E-state index contributed by atoms with van der Waals surface area (Å²) in [5, 5.41) is 3.38. The van der Waals surface area contributed by atoms with Crippen LogP contribution in [0.1, 0.15) is 33.1 Å². The smallest absolute Gasteiger partial charge is 0.254 e. The highest BCUT2D eigenvalue weighted by molar-refractivity contribution is 5.95. The number of aryl methyl sites for hydroxylation is 1. The minimum Gasteiger partial charge on any atom is -0.489 e. The van der Waals surface area contributed by atoms with E-state index in [4.69, 9.17) is 4.74 Å². The van der Waals surface area contributed by atoms with E-state index in [0.29, 0.717) is 24.5 Å². The molecular weight excluding hydrogens is 398 g/mol. The molecule has 0 spiro atoms. The van der Waals surface area contributed by atoms with Crippen molar-refractivity contribution in [3.8, 4) is 5.75 Å². The molecule has 1 atom stereocenters. The molecule has 2 heterocycles. The largest absolute Gasteiger partial charge is 0.489 e. The Morgan fingerprint density at radius 2 is 2.03 bits per heavy atom. The number of hydrogen-bond acceptors (Lipinski definition) is 4. The predicted octanol–water partition coefficient (Wildman–Crippen LogP) is 4.18. The molecule has 156 valence electrons. The van der Waals surface area contributed by atoms with Crippen LogP contribution in [-0.2, 0) is 6.61 Å². The molecule has 1 aromatic heterocycles. The highest BCUT2D eigenvalue weighted by Gasteiger charge is 2.28. The normalized spacial score (nSPS) is 15.9. The van der Waals surface area contributed by atoms with Crippen molar-refractivity contribution in [1.29, 1.82) is 0 Å². The van der Waals surface area contributed by atoms with Crippen LogP contribution in [0.3, 0.4) is 0 Å². The first-order chi connectivity index (χ1) is 14.2. The zero-order valence-corrected chi connectivity index (χ0v) is 17.8. The van der Waals surface area contributed by atoms with Gasteiger partial charge in [0.15, 0.2) is 0 Å². The van der Waals surface area contributed by atoms with Gasteiger partial charge in [0.05, 0.1) is 6.04 Å². The molecule has 1 saturated heterocycles. The summed E-state index contributed by atoms with van der Waals surface area (Å²) in [5.41, 5.74) is 4.00. The molecule has 1 amide bonds. The van der Waals surface area contributed by atoms with Gasteiger partial charge in [0.1, 0.15) is 12.4 Å². The first kappa shape index (κ1) is 21.8. The summed E-state index contributed by atoms with van der Waals surface area (Å²) < 4.78 is 5.94. The van der Waals surface area contributed by atoms with E-state index in [0.717, 1.165) is 24.2 Å². The third-order valence-corrected chi connectivity index (χ3v) is 5.14. The van der Waals surface area contributed by atoms with Crippen LogP contribution >= 0.6 is 12.4 Å². The maximum absolute atomic E-state index is 13.3. The van der Waals surface area contributed by atoms with Gasteiger partial charge in [-0.25, -0.2) is 0 Å². The van der Waals surface area contributed by atoms with Gasteiger partial charge in [-0.05, 0) is 42.3 Å². The minimum absolute atomic E-state index is 0. The second-order valence-corrected chi connectivity index (χ2v) is 7.31. The molecule has 4 rings (SSSR count). The van der Waals surface area contributed by atoms with E-state index in [1.165, 1.54) is 5.56 Å². The SMILES string of the molecule is Cc1cccc(COc2cccc(C(=O)N3CCNCC3c3cccnc3)c2)c1.Cl. The fourth-order valence-corrected chi connectivity index (χ4v) is 3.67. The molecule has 2 aromatic carbocycles. The fourth-order valence-electron chi connectivity index (χ4n) is 3.67. The molecule has 0 radical (unpaired) electrons. The van der Waals surface area contributed by atoms with Gasteiger partial charge in [-0.2, -0.15) is 0 Å². The Labute approximate surface area is 183 Å². The number of benzene rings is 2. The summed E-state index contributed by atoms with van der Waals surface area (Å²) in [6.07, 6.45) is 3.58. The fraction of sp³-hybridized carbons (Fsp3) is 0.250. The first-order valence-corrected chi connectivity index (χ1v) is 9.91. The Hall–Kier alpha value is -2.89. The van der Waals surface area contributed by atoms with Gasteiger partial charge in [0, 0.05) is 37.6 Å². The van der Waals surface area contributed by atoms with Crippen LogP contribution in [0.15, 0.2) is 73.1 Å². The number of ether oxygens (including phenoxy) is 1. The molecule has 1 aliphatic rings. The maximum atomic E-state index is 13.3. The number of hydrogen-bond donors (Lipinski definition) is 1. The van der Waals surface area contributed by atoms with Crippen LogP contribution < -0.4 is 10.1 Å². The average Bonchev–Trinajstić information content (AvgIpc) is 2.78. The topological polar surface area (TPSA) is 54.5 Å². The van der Waals surface area contributed by atoms with Crippen molar-refractivity contribution in [1.82, 2.24) is 15.2 Å². The molecule has 1 fully saturated rings. The number of aromatic nitrogens is 1. The van der Waals surface area contributed by atoms with Crippen molar-refractivity contribution in [2.24, 2.45) is 0 Å². The average molecular weight is 424 g/mol. The third kappa shape index (κ3) is 5.17. The van der Waals surface area contributed by atoms with Crippen LogP contribution in [-0.4, -0.2) is 35.4 Å². The van der Waals surface area contributed by atoms with Gasteiger partial charge in [-0.3, -0.25) is 9.78 Å². The summed E-state index contributed by atoms with van der Waals surface area (Å²) >= 11 is 0. The van der Waals surface area contributed by atoms with Crippen molar-refractivity contribution < 1.29 is 9.53 Å². The van der Waals surface area contributed by atoms with E-state index < -0.39 is 0 Å². The Balaban J connectivity index is 0.00000256. The number of halogens is 1. The number of pyridine rings is 1. The second-order valence-electron chi connectivity index (χ2n) is 7.31. The number of carbonyl (C=O) groups excluding carboxylic acids is 1. The van der Waals surface area contributed by atoms with E-state index in [1.807, 2.05) is 59.6 Å². The lowest BCUT2D eigenvalue weighted by Crippen LogP contribution is -2.48. The standard InChI is InChI=1S/C24H25N3O2.ClH/c1-18-5-2-6-19(13-18)17-29-22-9-3-7-20(14-22)24(28)27-12-11-26-16-23(27)21-8-4-10-25-15-21;/h2-10,13-15,23,26H,11-12,16-17H2,1H3;1H. The van der Waals surface area contributed by atoms with Crippen molar-refractivity contribution in [3.05, 3.63) is 95.3 Å². The molecule has 6 heteroatoms. The van der Waals surface area contributed by atoms with Crippen LogP contribution in [0.2, 0.25) is 0 Å². The van der Waals surface area contributed by atoms with Gasteiger partial charge in [-0.1, -0.05) is 42.0 Å². The Bertz CT molecular complexity index is 981. The molecular formula is C24H26ClN3O2. The zero-order chi connectivity index (χ0) is 20.1. The Kier molecular flexibility index (Phi) is 7.44. The number of piperazine rings is 1. The minimum atomic E-state index is -0.0261. The van der Waals surface area contributed by atoms with Gasteiger partial charge in [-0.15, -0.1) is 12.4 Å². The molecule has 0 aliphatic carbocycles. The van der Waals surface area contributed by atoms with Gasteiger partial charge >= 0.3 is 0 Å². The Morgan fingerprint density at radius 1 is 1.17 bits per heavy atom. The summed E-state index contributed by atoms with van der Waals surface area (Å²) in [6.45, 7) is 4.71. The summed E-state index contributed by atoms with van der Waals surface area (Å²) in [7, 11) is 0. The lowest BCUT2D eigenvalue weighted by Gasteiger charge is -2.36. The molecule has 30 heavy (non-hydrogen) atoms. The van der Waals surface area contributed by atoms with E-state index in [1.54, 1.807) is 6.20 Å². The molecule has 3 aromatic rings. The number of carbonyl (C=O) groups is 1. The monoisotopic (exact) mass is 423 g/mol. The number of rotatable bonds is 5. The highest BCUT2D eigenvalue weighted by Crippen LogP contribution is 2.25. The van der Waals surface area contributed by atoms with Crippen LogP contribution in [0.25, 0.3) is 0 Å². The lowest BCUT2D eigenvalue weighted by atomic mass is 10.0. The van der Waals surface area contributed by atoms with Crippen molar-refractivity contribution >= 4 is 18.3 Å². The van der Waals surface area contributed by atoms with E-state index >= 15 is 0 Å². The summed E-state index contributed by atoms with van der Waals surface area (Å²) in [4.78, 5) is 19.4. The maximum Gasteiger partial charge on any atom is 0.254 e. The van der Waals surface area contributed by atoms with Gasteiger partial charge in [0.2, 0.25) is 0 Å². The van der Waals surface area contributed by atoms with E-state index in [-0.39, 0.29) is 24.4 Å². The van der Waals surface area contributed by atoms with Crippen molar-refractivity contribution in [3.63, 3.8) is 0 Å². The number of nitrogens with one attached hydrogen (secondary N) is 1. The second kappa shape index (κ2) is 10.2. The van der Waals surface area contributed by atoms with Crippen molar-refractivity contribution in [2.75, 3.05) is 19.6 Å². The van der Waals surface area contributed by atoms with Crippen molar-refractivity contribution in [2.45, 2.75) is 19.6 Å². The predicted molar refractivity (Wildman–Crippen MR) is 120 cm³/mol. The molecule has 0 saturated carbocycles. The van der Waals surface area contributed by atoms with Gasteiger partial charge < -0.3 is 15.0 Å². The third-order valence-electron chi connectivity index (χ3n) is 5.14. The zero-order valence-electron chi connectivity index (χ0n) is 17.0. The number of nitrogens with zero attached hydrogens (tertiary/aromatic N) is 2. The quantitative estimate of drug-likeness (QED) is 0.669. The molecule has 1 unspecified atom stereocenters. The van der Waals surface area contributed by atoms with Crippen LogP contribution in [0.5, 0.6) is 5.75 Å². The van der Waals surface area contributed by atoms with Gasteiger partial charge in [0.25, 0.3) is 5.91 Å². The molecule has 5 nitrogen and oxygen atoms in total. The molecule has 0 bridgehead atoms. The van der Waals surface area contributed by atoms with E-state index in [9.17, 15) is 4.79 Å². The van der Waals surface area contributed by atoms with Crippen LogP contribution in [0, 0.1) is 6.92 Å². The lowest BCUT2D eigenvalue weighted by molar-refractivity contribution is 0.0633. The number of amides is 1. The van der Waals surface area contributed by atoms with Crippen LogP contribution in [0.4, 0.5) is 0 Å². The first-order valence-electron chi connectivity index (χ1n) is 9.91. The summed E-state index contributed by atoms with van der Waals surface area (Å²) in [5.74, 6) is 0.715. The molecule has 1 aliphatic heterocycles. The molecule has 1 N–H and O–H groups in total. The van der Waals surface area contributed by atoms with E-state index in [2.05, 4.69) is 29.4 Å².